The maximum Gasteiger partial charge on any atom is 0.237 e. The SMILES string of the molecule is CC(C1CC1)N(C(=O)CN1CCNC[C@@H]1C)C1CC1.Cl. The number of hydrogen-bond donors (Lipinski definition) is 1. The van der Waals surface area contributed by atoms with E-state index in [0.29, 0.717) is 30.6 Å². The molecule has 1 aliphatic heterocycles. The zero-order valence-electron chi connectivity index (χ0n) is 12.7. The van der Waals surface area contributed by atoms with Crippen molar-refractivity contribution in [2.75, 3.05) is 26.2 Å². The average molecular weight is 302 g/mol. The molecule has 0 spiro atoms. The van der Waals surface area contributed by atoms with Crippen LogP contribution in [0.5, 0.6) is 0 Å². The molecular formula is C15H28ClN3O. The van der Waals surface area contributed by atoms with Crippen LogP contribution >= 0.6 is 12.4 Å². The highest BCUT2D eigenvalue weighted by atomic mass is 35.5. The highest BCUT2D eigenvalue weighted by Gasteiger charge is 2.42. The van der Waals surface area contributed by atoms with Gasteiger partial charge in [-0.05, 0) is 45.4 Å². The summed E-state index contributed by atoms with van der Waals surface area (Å²) in [5.74, 6) is 1.15. The molecule has 0 radical (unpaired) electrons. The fraction of sp³-hybridized carbons (Fsp3) is 0.933. The minimum absolute atomic E-state index is 0. The molecule has 1 saturated heterocycles. The lowest BCUT2D eigenvalue weighted by Gasteiger charge is -2.36. The van der Waals surface area contributed by atoms with E-state index in [9.17, 15) is 4.79 Å². The van der Waals surface area contributed by atoms with Gasteiger partial charge in [-0.25, -0.2) is 0 Å². The fourth-order valence-corrected chi connectivity index (χ4v) is 3.30. The summed E-state index contributed by atoms with van der Waals surface area (Å²) in [6, 6.07) is 1.51. The van der Waals surface area contributed by atoms with E-state index in [1.165, 1.54) is 25.7 Å². The summed E-state index contributed by atoms with van der Waals surface area (Å²) in [6.07, 6.45) is 5.09. The molecule has 1 unspecified atom stereocenters. The van der Waals surface area contributed by atoms with E-state index >= 15 is 0 Å². The van der Waals surface area contributed by atoms with Gasteiger partial charge in [-0.2, -0.15) is 0 Å². The van der Waals surface area contributed by atoms with Crippen molar-refractivity contribution in [1.29, 1.82) is 0 Å². The van der Waals surface area contributed by atoms with Crippen molar-refractivity contribution in [3.8, 4) is 0 Å². The number of rotatable bonds is 5. The van der Waals surface area contributed by atoms with Gasteiger partial charge in [0.1, 0.15) is 0 Å². The van der Waals surface area contributed by atoms with Gasteiger partial charge in [0, 0.05) is 37.8 Å². The Morgan fingerprint density at radius 1 is 1.35 bits per heavy atom. The van der Waals surface area contributed by atoms with Crippen LogP contribution in [0.3, 0.4) is 0 Å². The topological polar surface area (TPSA) is 35.6 Å². The predicted octanol–water partition coefficient (Wildman–Crippen LogP) is 1.49. The molecule has 0 aromatic carbocycles. The smallest absolute Gasteiger partial charge is 0.237 e. The molecule has 2 saturated carbocycles. The highest BCUT2D eigenvalue weighted by Crippen LogP contribution is 2.39. The molecule has 5 heteroatoms. The predicted molar refractivity (Wildman–Crippen MR) is 83.2 cm³/mol. The summed E-state index contributed by atoms with van der Waals surface area (Å²) in [6.45, 7) is 8.12. The minimum atomic E-state index is 0. The molecule has 0 aromatic heterocycles. The van der Waals surface area contributed by atoms with Gasteiger partial charge in [0.05, 0.1) is 6.54 Å². The van der Waals surface area contributed by atoms with Gasteiger partial charge in [-0.1, -0.05) is 0 Å². The summed E-state index contributed by atoms with van der Waals surface area (Å²) in [5, 5.41) is 3.39. The van der Waals surface area contributed by atoms with Crippen molar-refractivity contribution in [2.24, 2.45) is 5.92 Å². The van der Waals surface area contributed by atoms with Crippen molar-refractivity contribution in [3.05, 3.63) is 0 Å². The van der Waals surface area contributed by atoms with E-state index in [0.717, 1.165) is 25.6 Å². The van der Waals surface area contributed by atoms with Crippen LogP contribution in [0.25, 0.3) is 0 Å². The van der Waals surface area contributed by atoms with Gasteiger partial charge in [0.2, 0.25) is 5.91 Å². The Balaban J connectivity index is 0.00000147. The first-order chi connectivity index (χ1) is 9.16. The number of amides is 1. The van der Waals surface area contributed by atoms with Crippen molar-refractivity contribution in [2.45, 2.75) is 57.7 Å². The Labute approximate surface area is 128 Å². The molecule has 2 atom stereocenters. The van der Waals surface area contributed by atoms with Gasteiger partial charge in [-0.15, -0.1) is 12.4 Å². The number of nitrogens with one attached hydrogen (secondary N) is 1. The molecule has 116 valence electrons. The molecule has 20 heavy (non-hydrogen) atoms. The van der Waals surface area contributed by atoms with Crippen LogP contribution < -0.4 is 5.32 Å². The van der Waals surface area contributed by atoms with E-state index in [1.54, 1.807) is 0 Å². The molecule has 2 aliphatic carbocycles. The normalized spacial score (nSPS) is 28.6. The second-order valence-electron chi connectivity index (χ2n) is 6.63. The van der Waals surface area contributed by atoms with Crippen LogP contribution in [-0.2, 0) is 4.79 Å². The molecule has 1 heterocycles. The Morgan fingerprint density at radius 2 is 2.05 bits per heavy atom. The third-order valence-electron chi connectivity index (χ3n) is 4.95. The molecule has 3 fully saturated rings. The lowest BCUT2D eigenvalue weighted by Crippen LogP contribution is -2.54. The monoisotopic (exact) mass is 301 g/mol. The first-order valence-corrected chi connectivity index (χ1v) is 7.92. The largest absolute Gasteiger partial charge is 0.336 e. The fourth-order valence-electron chi connectivity index (χ4n) is 3.30. The van der Waals surface area contributed by atoms with Gasteiger partial charge >= 0.3 is 0 Å². The van der Waals surface area contributed by atoms with Crippen molar-refractivity contribution in [3.63, 3.8) is 0 Å². The number of halogens is 1. The summed E-state index contributed by atoms with van der Waals surface area (Å²) < 4.78 is 0. The molecule has 1 N–H and O–H groups in total. The van der Waals surface area contributed by atoms with E-state index in [-0.39, 0.29) is 12.4 Å². The zero-order chi connectivity index (χ0) is 13.4. The second kappa shape index (κ2) is 6.63. The van der Waals surface area contributed by atoms with Crippen molar-refractivity contribution >= 4 is 18.3 Å². The first kappa shape index (κ1) is 16.1. The van der Waals surface area contributed by atoms with Crippen LogP contribution in [0.4, 0.5) is 0 Å². The molecule has 0 bridgehead atoms. The number of nitrogens with zero attached hydrogens (tertiary/aromatic N) is 2. The molecule has 3 aliphatic rings. The summed E-state index contributed by atoms with van der Waals surface area (Å²) in [5.41, 5.74) is 0. The van der Waals surface area contributed by atoms with Crippen LogP contribution in [-0.4, -0.2) is 60.0 Å². The van der Waals surface area contributed by atoms with Crippen LogP contribution in [0.15, 0.2) is 0 Å². The molecule has 1 amide bonds. The molecule has 0 aromatic rings. The Morgan fingerprint density at radius 3 is 2.60 bits per heavy atom. The highest BCUT2D eigenvalue weighted by molar-refractivity contribution is 5.85. The van der Waals surface area contributed by atoms with Gasteiger partial charge in [0.25, 0.3) is 0 Å². The maximum absolute atomic E-state index is 12.7. The van der Waals surface area contributed by atoms with Crippen molar-refractivity contribution < 1.29 is 4.79 Å². The number of hydrogen-bond acceptors (Lipinski definition) is 3. The Bertz CT molecular complexity index is 344. The van der Waals surface area contributed by atoms with Gasteiger partial charge in [-0.3, -0.25) is 9.69 Å². The van der Waals surface area contributed by atoms with Crippen LogP contribution in [0.2, 0.25) is 0 Å². The summed E-state index contributed by atoms with van der Waals surface area (Å²) in [7, 11) is 0. The van der Waals surface area contributed by atoms with E-state index in [1.807, 2.05) is 0 Å². The summed E-state index contributed by atoms with van der Waals surface area (Å²) >= 11 is 0. The molecule has 3 rings (SSSR count). The molecule has 4 nitrogen and oxygen atoms in total. The quantitative estimate of drug-likeness (QED) is 0.836. The second-order valence-corrected chi connectivity index (χ2v) is 6.63. The third kappa shape index (κ3) is 3.66. The first-order valence-electron chi connectivity index (χ1n) is 7.92. The number of carbonyl (C=O) groups excluding carboxylic acids is 1. The Kier molecular flexibility index (Phi) is 5.32. The molecular weight excluding hydrogens is 274 g/mol. The zero-order valence-corrected chi connectivity index (χ0v) is 13.5. The lowest BCUT2D eigenvalue weighted by molar-refractivity contribution is -0.136. The average Bonchev–Trinajstić information content (AvgIpc) is 3.26. The maximum atomic E-state index is 12.7. The third-order valence-corrected chi connectivity index (χ3v) is 4.95. The minimum Gasteiger partial charge on any atom is -0.336 e. The van der Waals surface area contributed by atoms with E-state index in [2.05, 4.69) is 29.0 Å². The van der Waals surface area contributed by atoms with Gasteiger partial charge in [0.15, 0.2) is 0 Å². The number of carbonyl (C=O) groups is 1. The van der Waals surface area contributed by atoms with Gasteiger partial charge < -0.3 is 10.2 Å². The van der Waals surface area contributed by atoms with Crippen LogP contribution in [0.1, 0.15) is 39.5 Å². The van der Waals surface area contributed by atoms with Crippen molar-refractivity contribution in [1.82, 2.24) is 15.1 Å². The number of piperazine rings is 1. The summed E-state index contributed by atoms with van der Waals surface area (Å²) in [4.78, 5) is 17.2. The Hall–Kier alpha value is -0.320. The van der Waals surface area contributed by atoms with Crippen LogP contribution in [0, 0.1) is 5.92 Å². The van der Waals surface area contributed by atoms with E-state index < -0.39 is 0 Å². The standard InChI is InChI=1S/C15H27N3O.ClH/c1-11-9-16-7-8-17(11)10-15(19)18(14-5-6-14)12(2)13-3-4-13;/h11-14,16H,3-10H2,1-2H3;1H/t11-,12?;/m0./s1. The van der Waals surface area contributed by atoms with E-state index in [4.69, 9.17) is 0 Å². The lowest BCUT2D eigenvalue weighted by atomic mass is 10.1.